The summed E-state index contributed by atoms with van der Waals surface area (Å²) in [5.74, 6) is 0.974. The van der Waals surface area contributed by atoms with Gasteiger partial charge in [0.15, 0.2) is 5.82 Å². The van der Waals surface area contributed by atoms with Crippen LogP contribution in [0.2, 0.25) is 0 Å². The van der Waals surface area contributed by atoms with Gasteiger partial charge in [0.25, 0.3) is 5.89 Å². The summed E-state index contributed by atoms with van der Waals surface area (Å²) >= 11 is 0. The number of hydrogen-bond acceptors (Lipinski definition) is 7. The maximum Gasteiger partial charge on any atom is 0.261 e. The van der Waals surface area contributed by atoms with E-state index in [1.165, 1.54) is 6.26 Å². The maximum atomic E-state index is 12.2. The summed E-state index contributed by atoms with van der Waals surface area (Å²) in [7, 11) is 1.84. The number of aromatic nitrogens is 2. The third-order valence-corrected chi connectivity index (χ3v) is 3.87. The molecule has 0 aromatic carbocycles. The van der Waals surface area contributed by atoms with E-state index in [1.54, 1.807) is 17.2 Å². The van der Waals surface area contributed by atoms with E-state index in [9.17, 15) is 9.90 Å². The minimum atomic E-state index is -0.280. The smallest absolute Gasteiger partial charge is 0.261 e. The van der Waals surface area contributed by atoms with Crippen LogP contribution in [0.3, 0.4) is 0 Å². The normalized spacial score (nSPS) is 16.2. The van der Waals surface area contributed by atoms with E-state index in [4.69, 9.17) is 8.94 Å². The zero-order valence-corrected chi connectivity index (χ0v) is 13.0. The van der Waals surface area contributed by atoms with Crippen molar-refractivity contribution in [1.29, 1.82) is 0 Å². The van der Waals surface area contributed by atoms with Crippen LogP contribution in [-0.4, -0.2) is 63.7 Å². The van der Waals surface area contributed by atoms with E-state index in [0.29, 0.717) is 44.2 Å². The van der Waals surface area contributed by atoms with Crippen LogP contribution in [-0.2, 0) is 11.3 Å². The van der Waals surface area contributed by atoms with Crippen LogP contribution in [0.15, 0.2) is 27.5 Å². The molecule has 1 N–H and O–H groups in total. The minimum absolute atomic E-state index is 0.0537. The minimum Gasteiger partial charge on any atom is -0.472 e. The van der Waals surface area contributed by atoms with Gasteiger partial charge in [-0.3, -0.25) is 9.69 Å². The van der Waals surface area contributed by atoms with E-state index in [2.05, 4.69) is 10.1 Å². The van der Waals surface area contributed by atoms with Crippen molar-refractivity contribution in [2.45, 2.75) is 25.5 Å². The van der Waals surface area contributed by atoms with E-state index >= 15 is 0 Å². The highest BCUT2D eigenvalue weighted by Gasteiger charge is 2.22. The molecule has 0 atom stereocenters. The molecule has 0 saturated carbocycles. The zero-order chi connectivity index (χ0) is 16.2. The largest absolute Gasteiger partial charge is 0.472 e. The lowest BCUT2D eigenvalue weighted by Gasteiger charge is -2.30. The number of aliphatic hydroxyl groups excluding tert-OH is 1. The molecule has 3 heterocycles. The van der Waals surface area contributed by atoms with Gasteiger partial charge in [-0.05, 0) is 26.0 Å². The Morgan fingerprint density at radius 3 is 2.96 bits per heavy atom. The predicted molar refractivity (Wildman–Crippen MR) is 80.2 cm³/mol. The van der Waals surface area contributed by atoms with Crippen molar-refractivity contribution in [3.63, 3.8) is 0 Å². The molecule has 3 rings (SSSR count). The van der Waals surface area contributed by atoms with Gasteiger partial charge >= 0.3 is 0 Å². The van der Waals surface area contributed by atoms with Gasteiger partial charge in [0.05, 0.1) is 31.0 Å². The van der Waals surface area contributed by atoms with Gasteiger partial charge in [0.2, 0.25) is 5.91 Å². The average Bonchev–Trinajstić information content (AvgIpc) is 3.18. The maximum absolute atomic E-state index is 12.2. The van der Waals surface area contributed by atoms with Crippen molar-refractivity contribution in [3.8, 4) is 11.5 Å². The number of furan rings is 1. The predicted octanol–water partition coefficient (Wildman–Crippen LogP) is 0.745. The van der Waals surface area contributed by atoms with Gasteiger partial charge in [0.1, 0.15) is 6.26 Å². The van der Waals surface area contributed by atoms with Gasteiger partial charge in [0, 0.05) is 13.1 Å². The first kappa shape index (κ1) is 15.7. The Kier molecular flexibility index (Phi) is 4.73. The first-order chi connectivity index (χ1) is 11.1. The van der Waals surface area contributed by atoms with Gasteiger partial charge in [-0.1, -0.05) is 5.16 Å². The summed E-state index contributed by atoms with van der Waals surface area (Å²) in [6, 6.07) is 1.75. The Morgan fingerprint density at radius 2 is 2.26 bits per heavy atom. The van der Waals surface area contributed by atoms with Crippen molar-refractivity contribution in [2.24, 2.45) is 0 Å². The highest BCUT2D eigenvalue weighted by molar-refractivity contribution is 5.78. The van der Waals surface area contributed by atoms with Crippen molar-refractivity contribution >= 4 is 5.91 Å². The molecule has 1 aliphatic heterocycles. The van der Waals surface area contributed by atoms with Crippen molar-refractivity contribution in [3.05, 3.63) is 24.4 Å². The number of rotatable bonds is 5. The third kappa shape index (κ3) is 3.96. The van der Waals surface area contributed by atoms with Crippen LogP contribution in [0.5, 0.6) is 0 Å². The summed E-state index contributed by atoms with van der Waals surface area (Å²) in [4.78, 5) is 20.1. The molecule has 0 unspecified atom stereocenters. The van der Waals surface area contributed by atoms with Crippen LogP contribution in [0.25, 0.3) is 11.5 Å². The molecule has 2 aromatic heterocycles. The fourth-order valence-corrected chi connectivity index (χ4v) is 2.57. The number of carbonyl (C=O) groups excluding carboxylic acids is 1. The van der Waals surface area contributed by atoms with E-state index in [-0.39, 0.29) is 18.6 Å². The summed E-state index contributed by atoms with van der Waals surface area (Å²) in [5, 5.41) is 13.4. The molecule has 0 aliphatic carbocycles. The monoisotopic (exact) mass is 320 g/mol. The average molecular weight is 320 g/mol. The lowest BCUT2D eigenvalue weighted by atomic mass is 10.1. The third-order valence-electron chi connectivity index (χ3n) is 3.87. The second-order valence-corrected chi connectivity index (χ2v) is 5.81. The van der Waals surface area contributed by atoms with Crippen LogP contribution in [0, 0.1) is 0 Å². The molecular weight excluding hydrogens is 300 g/mol. The molecule has 1 amide bonds. The van der Waals surface area contributed by atoms with E-state index in [1.807, 2.05) is 11.9 Å². The highest BCUT2D eigenvalue weighted by Crippen LogP contribution is 2.17. The molecule has 8 nitrogen and oxygen atoms in total. The molecule has 0 bridgehead atoms. The fourth-order valence-electron chi connectivity index (χ4n) is 2.57. The number of aliphatic hydroxyl groups is 1. The number of likely N-dealkylation sites (N-methyl/N-ethyl adjacent to an activating group) is 1. The summed E-state index contributed by atoms with van der Waals surface area (Å²) < 4.78 is 10.2. The molecule has 2 aromatic rings. The molecule has 1 saturated heterocycles. The summed E-state index contributed by atoms with van der Waals surface area (Å²) in [6.45, 7) is 1.93. The van der Waals surface area contributed by atoms with Gasteiger partial charge in [-0.25, -0.2) is 0 Å². The molecule has 124 valence electrons. The number of nitrogens with zero attached hydrogens (tertiary/aromatic N) is 4. The van der Waals surface area contributed by atoms with Gasteiger partial charge < -0.3 is 18.9 Å². The van der Waals surface area contributed by atoms with Crippen LogP contribution >= 0.6 is 0 Å². The molecule has 1 fully saturated rings. The number of piperidine rings is 1. The standard InChI is InChI=1S/C15H20N4O4/c1-18(9-14(21)19-5-2-12(20)3-6-19)8-13-16-15(23-17-13)11-4-7-22-10-11/h4,7,10,12,20H,2-3,5-6,8-9H2,1H3. The first-order valence-electron chi connectivity index (χ1n) is 7.61. The number of carbonyl (C=O) groups is 1. The molecular formula is C15H20N4O4. The first-order valence-corrected chi connectivity index (χ1v) is 7.61. The Labute approximate surface area is 133 Å². The van der Waals surface area contributed by atoms with Crippen molar-refractivity contribution in [1.82, 2.24) is 19.9 Å². The van der Waals surface area contributed by atoms with Crippen molar-refractivity contribution < 1.29 is 18.8 Å². The molecule has 23 heavy (non-hydrogen) atoms. The van der Waals surface area contributed by atoms with Gasteiger partial charge in [-0.15, -0.1) is 0 Å². The summed E-state index contributed by atoms with van der Waals surface area (Å²) in [5.41, 5.74) is 0.731. The second kappa shape index (κ2) is 6.93. The van der Waals surface area contributed by atoms with E-state index < -0.39 is 0 Å². The Balaban J connectivity index is 1.51. The number of amides is 1. The fraction of sp³-hybridized carbons (Fsp3) is 0.533. The van der Waals surface area contributed by atoms with Crippen LogP contribution in [0.4, 0.5) is 0 Å². The number of hydrogen-bond donors (Lipinski definition) is 1. The SMILES string of the molecule is CN(CC(=O)N1CCC(O)CC1)Cc1noc(-c2ccoc2)n1. The second-order valence-electron chi connectivity index (χ2n) is 5.81. The molecule has 0 radical (unpaired) electrons. The van der Waals surface area contributed by atoms with Gasteiger partial charge in [-0.2, -0.15) is 4.98 Å². The highest BCUT2D eigenvalue weighted by atomic mass is 16.5. The molecule has 0 spiro atoms. The van der Waals surface area contributed by atoms with E-state index in [0.717, 1.165) is 5.56 Å². The summed E-state index contributed by atoms with van der Waals surface area (Å²) in [6.07, 6.45) is 4.09. The lowest BCUT2D eigenvalue weighted by Crippen LogP contribution is -2.44. The van der Waals surface area contributed by atoms with Crippen LogP contribution < -0.4 is 0 Å². The number of likely N-dealkylation sites (tertiary alicyclic amines) is 1. The Bertz CT molecular complexity index is 632. The van der Waals surface area contributed by atoms with Crippen LogP contribution in [0.1, 0.15) is 18.7 Å². The topological polar surface area (TPSA) is 95.8 Å². The molecule has 1 aliphatic rings. The zero-order valence-electron chi connectivity index (χ0n) is 13.0. The van der Waals surface area contributed by atoms with Crippen molar-refractivity contribution in [2.75, 3.05) is 26.7 Å². The molecule has 8 heteroatoms. The Hall–Kier alpha value is -2.19. The Morgan fingerprint density at radius 1 is 1.48 bits per heavy atom. The quantitative estimate of drug-likeness (QED) is 0.868. The lowest BCUT2D eigenvalue weighted by molar-refractivity contribution is -0.134.